The molecule has 2 nitrogen and oxygen atoms in total. The summed E-state index contributed by atoms with van der Waals surface area (Å²) in [5.74, 6) is -4.85. The summed E-state index contributed by atoms with van der Waals surface area (Å²) in [4.78, 5) is 10.3. The molecule has 76 valence electrons. The van der Waals surface area contributed by atoms with Crippen molar-refractivity contribution in [3.05, 3.63) is 34.6 Å². The van der Waals surface area contributed by atoms with Gasteiger partial charge in [0.2, 0.25) is 0 Å². The van der Waals surface area contributed by atoms with Crippen molar-refractivity contribution in [3.8, 4) is 0 Å². The van der Waals surface area contributed by atoms with E-state index in [1.807, 2.05) is 0 Å². The number of rotatable bonds is 2. The molecule has 0 heterocycles. The normalized spacial score (nSPS) is 10.3. The van der Waals surface area contributed by atoms with E-state index in [1.54, 1.807) is 0 Å². The highest BCUT2D eigenvalue weighted by Crippen LogP contribution is 2.20. The highest BCUT2D eigenvalue weighted by molar-refractivity contribution is 5.70. The second kappa shape index (κ2) is 3.69. The van der Waals surface area contributed by atoms with Crippen LogP contribution in [-0.4, -0.2) is 11.1 Å². The molecule has 0 saturated carbocycles. The lowest BCUT2D eigenvalue weighted by molar-refractivity contribution is -0.136. The number of halogens is 3. The van der Waals surface area contributed by atoms with Gasteiger partial charge in [0.05, 0.1) is 6.42 Å². The first kappa shape index (κ1) is 10.6. The van der Waals surface area contributed by atoms with Crippen LogP contribution in [0.25, 0.3) is 0 Å². The number of hydrogen-bond acceptors (Lipinski definition) is 1. The Hall–Kier alpha value is -1.52. The molecule has 0 fully saturated rings. The molecule has 0 aromatic heterocycles. The van der Waals surface area contributed by atoms with Gasteiger partial charge in [0.1, 0.15) is 5.82 Å². The van der Waals surface area contributed by atoms with Crippen molar-refractivity contribution in [3.63, 3.8) is 0 Å². The van der Waals surface area contributed by atoms with Crippen molar-refractivity contribution in [1.29, 1.82) is 0 Å². The molecule has 0 radical (unpaired) electrons. The van der Waals surface area contributed by atoms with Crippen molar-refractivity contribution in [2.75, 3.05) is 0 Å². The minimum absolute atomic E-state index is 0.301. The molecule has 0 unspecified atom stereocenters. The summed E-state index contributed by atoms with van der Waals surface area (Å²) in [6.07, 6.45) is -0.658. The number of benzene rings is 1. The SMILES string of the molecule is Cc1c(F)c(F)cc(F)c1CC(=O)O. The van der Waals surface area contributed by atoms with Crippen molar-refractivity contribution < 1.29 is 23.1 Å². The zero-order chi connectivity index (χ0) is 10.9. The minimum atomic E-state index is -1.31. The number of carboxylic acid groups (broad SMARTS) is 1. The Kier molecular flexibility index (Phi) is 2.78. The van der Waals surface area contributed by atoms with Crippen LogP contribution >= 0.6 is 0 Å². The van der Waals surface area contributed by atoms with Crippen LogP contribution in [0.2, 0.25) is 0 Å². The predicted molar refractivity (Wildman–Crippen MR) is 42.4 cm³/mol. The van der Waals surface area contributed by atoms with Gasteiger partial charge in [0.25, 0.3) is 0 Å². The fourth-order valence-electron chi connectivity index (χ4n) is 1.12. The average molecular weight is 204 g/mol. The second-order valence-electron chi connectivity index (χ2n) is 2.83. The standard InChI is InChI=1S/C9H7F3O2/c1-4-5(2-8(13)14)6(10)3-7(11)9(4)12/h3H,2H2,1H3,(H,13,14). The van der Waals surface area contributed by atoms with Crippen LogP contribution in [0.4, 0.5) is 13.2 Å². The number of carboxylic acids is 1. The number of carbonyl (C=O) groups is 1. The highest BCUT2D eigenvalue weighted by atomic mass is 19.2. The third-order valence-electron chi connectivity index (χ3n) is 1.86. The van der Waals surface area contributed by atoms with Crippen molar-refractivity contribution >= 4 is 5.97 Å². The van der Waals surface area contributed by atoms with E-state index >= 15 is 0 Å². The van der Waals surface area contributed by atoms with Crippen LogP contribution < -0.4 is 0 Å². The molecule has 5 heteroatoms. The van der Waals surface area contributed by atoms with E-state index in [2.05, 4.69) is 0 Å². The molecular weight excluding hydrogens is 197 g/mol. The van der Waals surface area contributed by atoms with Crippen LogP contribution in [0.3, 0.4) is 0 Å². The molecule has 0 amide bonds. The Morgan fingerprint density at radius 2 is 1.93 bits per heavy atom. The van der Waals surface area contributed by atoms with Gasteiger partial charge in [-0.2, -0.15) is 0 Å². The Balaban J connectivity index is 3.29. The number of hydrogen-bond donors (Lipinski definition) is 1. The molecule has 0 aliphatic rings. The molecule has 0 atom stereocenters. The third kappa shape index (κ3) is 1.86. The summed E-state index contributed by atoms with van der Waals surface area (Å²) >= 11 is 0. The van der Waals surface area contributed by atoms with Gasteiger partial charge in [0, 0.05) is 11.6 Å². The first-order valence-electron chi connectivity index (χ1n) is 3.78. The predicted octanol–water partition coefficient (Wildman–Crippen LogP) is 2.04. The summed E-state index contributed by atoms with van der Waals surface area (Å²) in [6.45, 7) is 1.14. The zero-order valence-corrected chi connectivity index (χ0v) is 7.27. The Morgan fingerprint density at radius 3 is 2.43 bits per heavy atom. The van der Waals surface area contributed by atoms with Gasteiger partial charge < -0.3 is 5.11 Å². The van der Waals surface area contributed by atoms with Gasteiger partial charge in [-0.25, -0.2) is 13.2 Å². The molecule has 0 bridgehead atoms. The summed E-state index contributed by atoms with van der Waals surface area (Å²) in [7, 11) is 0. The van der Waals surface area contributed by atoms with Gasteiger partial charge >= 0.3 is 5.97 Å². The minimum Gasteiger partial charge on any atom is -0.481 e. The second-order valence-corrected chi connectivity index (χ2v) is 2.83. The van der Waals surface area contributed by atoms with Gasteiger partial charge in [-0.3, -0.25) is 4.79 Å². The van der Waals surface area contributed by atoms with E-state index in [4.69, 9.17) is 5.11 Å². The monoisotopic (exact) mass is 204 g/mol. The van der Waals surface area contributed by atoms with Crippen molar-refractivity contribution in [2.45, 2.75) is 13.3 Å². The highest BCUT2D eigenvalue weighted by Gasteiger charge is 2.17. The van der Waals surface area contributed by atoms with Crippen LogP contribution in [0.15, 0.2) is 6.07 Å². The summed E-state index contributed by atoms with van der Waals surface area (Å²) in [5, 5.41) is 8.39. The maximum Gasteiger partial charge on any atom is 0.307 e. The quantitative estimate of drug-likeness (QED) is 0.748. The Morgan fingerprint density at radius 1 is 1.36 bits per heavy atom. The fourth-order valence-corrected chi connectivity index (χ4v) is 1.12. The first-order chi connectivity index (χ1) is 6.43. The number of aliphatic carboxylic acids is 1. The van der Waals surface area contributed by atoms with Crippen LogP contribution in [-0.2, 0) is 11.2 Å². The van der Waals surface area contributed by atoms with E-state index in [0.717, 1.165) is 6.92 Å². The van der Waals surface area contributed by atoms with E-state index in [0.29, 0.717) is 6.07 Å². The molecule has 1 aromatic carbocycles. The van der Waals surface area contributed by atoms with Crippen molar-refractivity contribution in [1.82, 2.24) is 0 Å². The molecule has 0 aliphatic heterocycles. The first-order valence-corrected chi connectivity index (χ1v) is 3.78. The lowest BCUT2D eigenvalue weighted by Crippen LogP contribution is -2.07. The fraction of sp³-hybridized carbons (Fsp3) is 0.222. The van der Waals surface area contributed by atoms with E-state index < -0.39 is 29.8 Å². The Labute approximate surface area is 78.0 Å². The van der Waals surface area contributed by atoms with Crippen LogP contribution in [0.1, 0.15) is 11.1 Å². The molecule has 0 saturated heterocycles. The summed E-state index contributed by atoms with van der Waals surface area (Å²) in [5.41, 5.74) is -0.624. The van der Waals surface area contributed by atoms with Gasteiger partial charge in [-0.1, -0.05) is 0 Å². The molecule has 1 rings (SSSR count). The van der Waals surface area contributed by atoms with Crippen LogP contribution in [0.5, 0.6) is 0 Å². The molecular formula is C9H7F3O2. The van der Waals surface area contributed by atoms with E-state index in [1.165, 1.54) is 0 Å². The molecule has 1 N–H and O–H groups in total. The van der Waals surface area contributed by atoms with E-state index in [-0.39, 0.29) is 11.1 Å². The Bertz CT molecular complexity index is 388. The smallest absolute Gasteiger partial charge is 0.307 e. The van der Waals surface area contributed by atoms with Gasteiger partial charge in [0.15, 0.2) is 11.6 Å². The van der Waals surface area contributed by atoms with Crippen LogP contribution in [0, 0.1) is 24.4 Å². The molecule has 0 spiro atoms. The molecule has 1 aromatic rings. The largest absolute Gasteiger partial charge is 0.481 e. The average Bonchev–Trinajstić information content (AvgIpc) is 2.09. The zero-order valence-electron chi connectivity index (χ0n) is 7.27. The topological polar surface area (TPSA) is 37.3 Å². The lowest BCUT2D eigenvalue weighted by atomic mass is 10.0. The van der Waals surface area contributed by atoms with E-state index in [9.17, 15) is 18.0 Å². The molecule has 14 heavy (non-hydrogen) atoms. The van der Waals surface area contributed by atoms with Gasteiger partial charge in [-0.15, -0.1) is 0 Å². The summed E-state index contributed by atoms with van der Waals surface area (Å²) < 4.78 is 38.5. The maximum atomic E-state index is 13.0. The lowest BCUT2D eigenvalue weighted by Gasteiger charge is -2.06. The van der Waals surface area contributed by atoms with Crippen molar-refractivity contribution in [2.24, 2.45) is 0 Å². The molecule has 0 aliphatic carbocycles. The summed E-state index contributed by atoms with van der Waals surface area (Å²) in [6, 6.07) is 0.348. The van der Waals surface area contributed by atoms with Gasteiger partial charge in [-0.05, 0) is 12.5 Å². The third-order valence-corrected chi connectivity index (χ3v) is 1.86. The maximum absolute atomic E-state index is 13.0.